The second-order valence-electron chi connectivity index (χ2n) is 6.13. The Morgan fingerprint density at radius 1 is 1.27 bits per heavy atom. The maximum atomic E-state index is 12.9. The van der Waals surface area contributed by atoms with Crippen molar-refractivity contribution in [2.45, 2.75) is 19.1 Å². The van der Waals surface area contributed by atoms with E-state index in [0.717, 1.165) is 12.1 Å². The van der Waals surface area contributed by atoms with Gasteiger partial charge in [-0.15, -0.1) is 0 Å². The van der Waals surface area contributed by atoms with Gasteiger partial charge in [0, 0.05) is 31.9 Å². The molecule has 1 atom stereocenters. The standard InChI is InChI=1S/C16H20ClF3N4O2/c1-10(15(21)26)24-6-4-23(5-7-24)9-14(25)22-11-2-3-13(17)12(8-11)16(18,19)20/h2-3,8,10H,4-7,9H2,1H3,(H2,21,26)(H,22,25). The Labute approximate surface area is 154 Å². The Morgan fingerprint density at radius 2 is 1.88 bits per heavy atom. The molecule has 0 aromatic heterocycles. The molecular formula is C16H20ClF3N4O2. The molecule has 1 aromatic carbocycles. The molecule has 1 saturated heterocycles. The maximum absolute atomic E-state index is 12.9. The van der Waals surface area contributed by atoms with Crippen LogP contribution in [0.15, 0.2) is 18.2 Å². The van der Waals surface area contributed by atoms with Crippen LogP contribution in [-0.4, -0.2) is 60.4 Å². The van der Waals surface area contributed by atoms with Gasteiger partial charge in [0.1, 0.15) is 0 Å². The van der Waals surface area contributed by atoms with E-state index in [1.54, 1.807) is 6.92 Å². The minimum absolute atomic E-state index is 0.0349. The molecule has 1 aromatic rings. The van der Waals surface area contributed by atoms with Crippen molar-refractivity contribution in [2.75, 3.05) is 38.0 Å². The average Bonchev–Trinajstić information content (AvgIpc) is 2.55. The second-order valence-corrected chi connectivity index (χ2v) is 6.54. The van der Waals surface area contributed by atoms with Crippen molar-refractivity contribution in [2.24, 2.45) is 5.73 Å². The summed E-state index contributed by atoms with van der Waals surface area (Å²) < 4.78 is 38.6. The Kier molecular flexibility index (Phi) is 6.48. The summed E-state index contributed by atoms with van der Waals surface area (Å²) in [6.45, 7) is 4.04. The highest BCUT2D eigenvalue weighted by Gasteiger charge is 2.33. The summed E-state index contributed by atoms with van der Waals surface area (Å²) in [6.07, 6.45) is -4.59. The molecule has 26 heavy (non-hydrogen) atoms. The largest absolute Gasteiger partial charge is 0.417 e. The Bertz CT molecular complexity index is 676. The number of hydrogen-bond acceptors (Lipinski definition) is 4. The first-order valence-corrected chi connectivity index (χ1v) is 8.38. The van der Waals surface area contributed by atoms with Crippen LogP contribution < -0.4 is 11.1 Å². The predicted molar refractivity (Wildman–Crippen MR) is 91.8 cm³/mol. The molecule has 2 amide bonds. The second kappa shape index (κ2) is 8.24. The first kappa shape index (κ1) is 20.5. The molecule has 0 saturated carbocycles. The lowest BCUT2D eigenvalue weighted by molar-refractivity contribution is -0.137. The molecule has 1 aliphatic rings. The normalized spacial score (nSPS) is 17.7. The number of alkyl halides is 3. The molecule has 1 unspecified atom stereocenters. The van der Waals surface area contributed by atoms with Crippen molar-refractivity contribution in [3.05, 3.63) is 28.8 Å². The van der Waals surface area contributed by atoms with Gasteiger partial charge in [-0.2, -0.15) is 13.2 Å². The van der Waals surface area contributed by atoms with Crippen LogP contribution in [0.3, 0.4) is 0 Å². The molecule has 0 spiro atoms. The smallest absolute Gasteiger partial charge is 0.368 e. The number of piperazine rings is 1. The fourth-order valence-electron chi connectivity index (χ4n) is 2.71. The number of amides is 2. The van der Waals surface area contributed by atoms with Crippen LogP contribution in [0, 0.1) is 0 Å². The van der Waals surface area contributed by atoms with Crippen molar-refractivity contribution >= 4 is 29.1 Å². The number of nitrogens with one attached hydrogen (secondary N) is 1. The number of nitrogens with two attached hydrogens (primary N) is 1. The Morgan fingerprint density at radius 3 is 2.42 bits per heavy atom. The third-order valence-electron chi connectivity index (χ3n) is 4.29. The van der Waals surface area contributed by atoms with E-state index in [0.29, 0.717) is 26.2 Å². The van der Waals surface area contributed by atoms with Crippen LogP contribution in [-0.2, 0) is 15.8 Å². The van der Waals surface area contributed by atoms with E-state index in [1.807, 2.05) is 9.80 Å². The third kappa shape index (κ3) is 5.33. The maximum Gasteiger partial charge on any atom is 0.417 e. The van der Waals surface area contributed by atoms with E-state index in [9.17, 15) is 22.8 Å². The summed E-state index contributed by atoms with van der Waals surface area (Å²) >= 11 is 5.56. The van der Waals surface area contributed by atoms with E-state index in [2.05, 4.69) is 5.32 Å². The van der Waals surface area contributed by atoms with Gasteiger partial charge in [0.15, 0.2) is 0 Å². The van der Waals surface area contributed by atoms with Crippen LogP contribution in [0.4, 0.5) is 18.9 Å². The van der Waals surface area contributed by atoms with Crippen LogP contribution in [0.1, 0.15) is 12.5 Å². The monoisotopic (exact) mass is 392 g/mol. The van der Waals surface area contributed by atoms with E-state index < -0.39 is 28.6 Å². The molecule has 1 heterocycles. The summed E-state index contributed by atoms with van der Waals surface area (Å²) in [5.74, 6) is -0.823. The van der Waals surface area contributed by atoms with Crippen LogP contribution >= 0.6 is 11.6 Å². The van der Waals surface area contributed by atoms with Gasteiger partial charge in [-0.1, -0.05) is 11.6 Å². The van der Waals surface area contributed by atoms with Crippen molar-refractivity contribution in [1.29, 1.82) is 0 Å². The Hall–Kier alpha value is -1.84. The van der Waals surface area contributed by atoms with E-state index >= 15 is 0 Å². The molecule has 6 nitrogen and oxygen atoms in total. The van der Waals surface area contributed by atoms with Crippen molar-refractivity contribution in [1.82, 2.24) is 9.80 Å². The fraction of sp³-hybridized carbons (Fsp3) is 0.500. The minimum atomic E-state index is -4.59. The summed E-state index contributed by atoms with van der Waals surface area (Å²) in [5, 5.41) is 2.03. The zero-order valence-corrected chi connectivity index (χ0v) is 14.9. The summed E-state index contributed by atoms with van der Waals surface area (Å²) in [4.78, 5) is 27.1. The van der Waals surface area contributed by atoms with Crippen molar-refractivity contribution in [3.8, 4) is 0 Å². The van der Waals surface area contributed by atoms with Gasteiger partial charge in [-0.05, 0) is 25.1 Å². The molecule has 0 aliphatic carbocycles. The van der Waals surface area contributed by atoms with Gasteiger partial charge in [-0.3, -0.25) is 19.4 Å². The molecule has 1 aliphatic heterocycles. The number of primary amides is 1. The van der Waals surface area contributed by atoms with Crippen LogP contribution in [0.5, 0.6) is 0 Å². The SMILES string of the molecule is CC(C(N)=O)N1CCN(CC(=O)Nc2ccc(Cl)c(C(F)(F)F)c2)CC1. The quantitative estimate of drug-likeness (QED) is 0.800. The number of carbonyl (C=O) groups excluding carboxylic acids is 2. The molecule has 0 bridgehead atoms. The van der Waals surface area contributed by atoms with Gasteiger partial charge in [0.25, 0.3) is 0 Å². The van der Waals surface area contributed by atoms with Crippen LogP contribution in [0.25, 0.3) is 0 Å². The third-order valence-corrected chi connectivity index (χ3v) is 4.62. The zero-order chi connectivity index (χ0) is 19.5. The lowest BCUT2D eigenvalue weighted by Gasteiger charge is -2.36. The van der Waals surface area contributed by atoms with Gasteiger partial charge in [0.2, 0.25) is 11.8 Å². The number of nitrogens with zero attached hydrogens (tertiary/aromatic N) is 2. The number of halogens is 4. The predicted octanol–water partition coefficient (Wildman–Crippen LogP) is 1.79. The summed E-state index contributed by atoms with van der Waals surface area (Å²) in [7, 11) is 0. The molecule has 3 N–H and O–H groups in total. The van der Waals surface area contributed by atoms with E-state index in [-0.39, 0.29) is 18.3 Å². The summed E-state index contributed by atoms with van der Waals surface area (Å²) in [5.41, 5.74) is 4.31. The lowest BCUT2D eigenvalue weighted by Crippen LogP contribution is -2.54. The van der Waals surface area contributed by atoms with Gasteiger partial charge in [-0.25, -0.2) is 0 Å². The first-order valence-electron chi connectivity index (χ1n) is 8.00. The number of benzene rings is 1. The topological polar surface area (TPSA) is 78.7 Å². The molecule has 0 radical (unpaired) electrons. The molecule has 2 rings (SSSR count). The van der Waals surface area contributed by atoms with Gasteiger partial charge in [0.05, 0.1) is 23.2 Å². The summed E-state index contributed by atoms with van der Waals surface area (Å²) in [6, 6.07) is 2.86. The zero-order valence-electron chi connectivity index (χ0n) is 14.1. The average molecular weight is 393 g/mol. The van der Waals surface area contributed by atoms with Crippen molar-refractivity contribution in [3.63, 3.8) is 0 Å². The first-order chi connectivity index (χ1) is 12.1. The number of carbonyl (C=O) groups is 2. The molecule has 10 heteroatoms. The molecule has 1 fully saturated rings. The van der Waals surface area contributed by atoms with Gasteiger partial charge < -0.3 is 11.1 Å². The van der Waals surface area contributed by atoms with E-state index in [1.165, 1.54) is 6.07 Å². The Balaban J connectivity index is 1.89. The van der Waals surface area contributed by atoms with Crippen molar-refractivity contribution < 1.29 is 22.8 Å². The van der Waals surface area contributed by atoms with Crippen LogP contribution in [0.2, 0.25) is 5.02 Å². The highest BCUT2D eigenvalue weighted by Crippen LogP contribution is 2.36. The molecular weight excluding hydrogens is 373 g/mol. The lowest BCUT2D eigenvalue weighted by atomic mass is 10.2. The number of anilines is 1. The highest BCUT2D eigenvalue weighted by atomic mass is 35.5. The number of hydrogen-bond donors (Lipinski definition) is 2. The highest BCUT2D eigenvalue weighted by molar-refractivity contribution is 6.31. The number of rotatable bonds is 5. The van der Waals surface area contributed by atoms with Gasteiger partial charge >= 0.3 is 6.18 Å². The molecule has 144 valence electrons. The fourth-order valence-corrected chi connectivity index (χ4v) is 2.94. The van der Waals surface area contributed by atoms with E-state index in [4.69, 9.17) is 17.3 Å². The minimum Gasteiger partial charge on any atom is -0.368 e.